The molecule has 1 aromatic carbocycles. The molecule has 0 unspecified atom stereocenters. The van der Waals surface area contributed by atoms with Gasteiger partial charge in [-0.15, -0.1) is 0 Å². The summed E-state index contributed by atoms with van der Waals surface area (Å²) in [6.45, 7) is 4.01. The molecule has 88 valence electrons. The molecule has 1 aromatic rings. The van der Waals surface area contributed by atoms with Gasteiger partial charge in [0.25, 0.3) is 0 Å². The van der Waals surface area contributed by atoms with E-state index in [0.717, 1.165) is 10.0 Å². The van der Waals surface area contributed by atoms with E-state index in [1.54, 1.807) is 19.9 Å². The molecule has 0 saturated heterocycles. The number of carbonyl (C=O) groups excluding carboxylic acids is 1. The smallest absolute Gasteiger partial charge is 0.237 e. The summed E-state index contributed by atoms with van der Waals surface area (Å²) >= 11 is 9.31. The van der Waals surface area contributed by atoms with Crippen LogP contribution in [0.4, 0.5) is 0 Å². The van der Waals surface area contributed by atoms with E-state index < -0.39 is 5.54 Å². The average Bonchev–Trinajstić information content (AvgIpc) is 2.19. The largest absolute Gasteiger partial charge is 0.368 e. The van der Waals surface area contributed by atoms with Crippen LogP contribution in [0.25, 0.3) is 0 Å². The molecule has 0 bridgehead atoms. The van der Waals surface area contributed by atoms with Gasteiger partial charge in [-0.25, -0.2) is 0 Å². The highest BCUT2D eigenvalue weighted by atomic mass is 79.9. The first-order valence-corrected chi connectivity index (χ1v) is 5.99. The van der Waals surface area contributed by atoms with E-state index in [1.807, 2.05) is 12.1 Å². The molecule has 1 amide bonds. The van der Waals surface area contributed by atoms with Gasteiger partial charge in [0.15, 0.2) is 0 Å². The molecule has 0 atom stereocenters. The minimum Gasteiger partial charge on any atom is -0.368 e. The van der Waals surface area contributed by atoms with Crippen molar-refractivity contribution in [3.63, 3.8) is 0 Å². The number of nitrogens with one attached hydrogen (secondary N) is 1. The zero-order valence-corrected chi connectivity index (χ0v) is 11.5. The number of hydrogen-bond donors (Lipinski definition) is 2. The van der Waals surface area contributed by atoms with Crippen LogP contribution < -0.4 is 11.1 Å². The summed E-state index contributed by atoms with van der Waals surface area (Å²) in [5, 5.41) is 3.74. The Kier molecular flexibility index (Phi) is 4.35. The van der Waals surface area contributed by atoms with Crippen LogP contribution in [0.15, 0.2) is 22.7 Å². The number of benzene rings is 1. The van der Waals surface area contributed by atoms with E-state index in [9.17, 15) is 4.79 Å². The number of carbonyl (C=O) groups is 1. The van der Waals surface area contributed by atoms with Crippen LogP contribution in [0.2, 0.25) is 5.02 Å². The second-order valence-corrected chi connectivity index (χ2v) is 5.37. The molecule has 0 spiro atoms. The molecule has 0 saturated carbocycles. The van der Waals surface area contributed by atoms with Crippen LogP contribution in [-0.4, -0.2) is 11.4 Å². The lowest BCUT2D eigenvalue weighted by atomic mass is 10.0. The maximum Gasteiger partial charge on any atom is 0.237 e. The van der Waals surface area contributed by atoms with Crippen molar-refractivity contribution in [2.75, 3.05) is 0 Å². The Bertz CT molecular complexity index is 407. The van der Waals surface area contributed by atoms with Gasteiger partial charge in [0.05, 0.1) is 5.54 Å². The lowest BCUT2D eigenvalue weighted by molar-refractivity contribution is -0.123. The summed E-state index contributed by atoms with van der Waals surface area (Å²) < 4.78 is 0.949. The molecule has 16 heavy (non-hydrogen) atoms. The highest BCUT2D eigenvalue weighted by Gasteiger charge is 2.23. The molecule has 1 rings (SSSR count). The third-order valence-corrected chi connectivity index (χ3v) is 3.35. The Morgan fingerprint density at radius 2 is 2.19 bits per heavy atom. The molecule has 3 N–H and O–H groups in total. The maximum atomic E-state index is 11.1. The van der Waals surface area contributed by atoms with Crippen LogP contribution in [0.3, 0.4) is 0 Å². The number of hydrogen-bond acceptors (Lipinski definition) is 2. The Morgan fingerprint density at radius 1 is 1.56 bits per heavy atom. The van der Waals surface area contributed by atoms with Crippen molar-refractivity contribution in [2.45, 2.75) is 25.9 Å². The van der Waals surface area contributed by atoms with E-state index >= 15 is 0 Å². The third kappa shape index (κ3) is 3.47. The number of halogens is 2. The monoisotopic (exact) mass is 304 g/mol. The average molecular weight is 306 g/mol. The molecule has 0 aliphatic carbocycles. The Hall–Kier alpha value is -0.580. The summed E-state index contributed by atoms with van der Waals surface area (Å²) in [4.78, 5) is 11.1. The fraction of sp³-hybridized carbons (Fsp3) is 0.364. The normalized spacial score (nSPS) is 11.5. The summed E-state index contributed by atoms with van der Waals surface area (Å²) in [6, 6.07) is 5.51. The van der Waals surface area contributed by atoms with E-state index in [1.165, 1.54) is 0 Å². The van der Waals surface area contributed by atoms with Gasteiger partial charge in [0.1, 0.15) is 0 Å². The van der Waals surface area contributed by atoms with Gasteiger partial charge in [-0.2, -0.15) is 0 Å². The van der Waals surface area contributed by atoms with Crippen molar-refractivity contribution < 1.29 is 4.79 Å². The lowest BCUT2D eigenvalue weighted by Crippen LogP contribution is -2.50. The van der Waals surface area contributed by atoms with Gasteiger partial charge in [-0.3, -0.25) is 10.1 Å². The molecule has 3 nitrogen and oxygen atoms in total. The quantitative estimate of drug-likeness (QED) is 0.898. The van der Waals surface area contributed by atoms with Crippen molar-refractivity contribution in [2.24, 2.45) is 5.73 Å². The van der Waals surface area contributed by atoms with Crippen molar-refractivity contribution in [1.29, 1.82) is 0 Å². The minimum atomic E-state index is -0.734. The van der Waals surface area contributed by atoms with Gasteiger partial charge < -0.3 is 5.73 Å². The van der Waals surface area contributed by atoms with E-state index in [-0.39, 0.29) is 5.91 Å². The number of amides is 1. The molecule has 0 radical (unpaired) electrons. The predicted octanol–water partition coefficient (Wildman–Crippen LogP) is 2.46. The number of nitrogens with two attached hydrogens (primary N) is 1. The fourth-order valence-electron chi connectivity index (χ4n) is 1.08. The predicted molar refractivity (Wildman–Crippen MR) is 69.3 cm³/mol. The van der Waals surface area contributed by atoms with E-state index in [2.05, 4.69) is 21.2 Å². The highest BCUT2D eigenvalue weighted by molar-refractivity contribution is 9.10. The molecular weight excluding hydrogens is 291 g/mol. The molecule has 0 aliphatic heterocycles. The summed E-state index contributed by atoms with van der Waals surface area (Å²) in [5.74, 6) is -0.384. The van der Waals surface area contributed by atoms with Gasteiger partial charge in [0, 0.05) is 16.0 Å². The van der Waals surface area contributed by atoms with Crippen LogP contribution in [-0.2, 0) is 11.3 Å². The van der Waals surface area contributed by atoms with Gasteiger partial charge >= 0.3 is 0 Å². The standard InChI is InChI=1S/C11H14BrClN2O/c1-11(2,10(14)16)15-6-7-5-8(13)3-4-9(7)12/h3-5,15H,6H2,1-2H3,(H2,14,16). The molecule has 0 aromatic heterocycles. The van der Waals surface area contributed by atoms with Gasteiger partial charge in [-0.05, 0) is 37.6 Å². The van der Waals surface area contributed by atoms with Gasteiger partial charge in [0.2, 0.25) is 5.91 Å². The van der Waals surface area contributed by atoms with Crippen molar-refractivity contribution in [3.8, 4) is 0 Å². The van der Waals surface area contributed by atoms with Crippen molar-refractivity contribution in [3.05, 3.63) is 33.3 Å². The molecule has 0 fully saturated rings. The minimum absolute atomic E-state index is 0.384. The first kappa shape index (κ1) is 13.5. The molecule has 0 heterocycles. The summed E-state index contributed by atoms with van der Waals surface area (Å²) in [6.07, 6.45) is 0. The Morgan fingerprint density at radius 3 is 2.75 bits per heavy atom. The van der Waals surface area contributed by atoms with Crippen LogP contribution in [0.5, 0.6) is 0 Å². The first-order valence-electron chi connectivity index (χ1n) is 4.82. The number of rotatable bonds is 4. The zero-order valence-electron chi connectivity index (χ0n) is 9.18. The van der Waals surface area contributed by atoms with E-state index in [0.29, 0.717) is 11.6 Å². The van der Waals surface area contributed by atoms with Gasteiger partial charge in [-0.1, -0.05) is 27.5 Å². The molecule has 0 aliphatic rings. The second-order valence-electron chi connectivity index (χ2n) is 4.08. The van der Waals surface area contributed by atoms with Crippen LogP contribution in [0, 0.1) is 0 Å². The van der Waals surface area contributed by atoms with Crippen LogP contribution in [0.1, 0.15) is 19.4 Å². The Labute approximate surface area is 108 Å². The molecular formula is C11H14BrClN2O. The molecule has 5 heteroatoms. The number of primary amides is 1. The summed E-state index contributed by atoms with van der Waals surface area (Å²) in [7, 11) is 0. The van der Waals surface area contributed by atoms with Crippen molar-refractivity contribution >= 4 is 33.4 Å². The SMILES string of the molecule is CC(C)(NCc1cc(Cl)ccc1Br)C(N)=O. The topological polar surface area (TPSA) is 55.1 Å². The van der Waals surface area contributed by atoms with Crippen LogP contribution >= 0.6 is 27.5 Å². The van der Waals surface area contributed by atoms with Crippen molar-refractivity contribution in [1.82, 2.24) is 5.32 Å². The fourth-order valence-corrected chi connectivity index (χ4v) is 1.66. The van der Waals surface area contributed by atoms with E-state index in [4.69, 9.17) is 17.3 Å². The Balaban J connectivity index is 2.75. The zero-order chi connectivity index (χ0) is 12.3. The first-order chi connectivity index (χ1) is 7.33. The summed E-state index contributed by atoms with van der Waals surface area (Å²) in [5.41, 5.74) is 5.52. The highest BCUT2D eigenvalue weighted by Crippen LogP contribution is 2.21. The lowest BCUT2D eigenvalue weighted by Gasteiger charge is -2.22. The maximum absolute atomic E-state index is 11.1. The third-order valence-electron chi connectivity index (χ3n) is 2.34. The second kappa shape index (κ2) is 5.17.